The number of hydrogen-bond acceptors (Lipinski definition) is 8. The molecule has 0 fully saturated rings. The minimum Gasteiger partial charge on any atom is -0.481 e. The van der Waals surface area contributed by atoms with E-state index in [0.717, 1.165) is 11.3 Å². The van der Waals surface area contributed by atoms with Crippen LogP contribution in [-0.4, -0.2) is 37.7 Å². The van der Waals surface area contributed by atoms with E-state index in [9.17, 15) is 8.42 Å². The molecule has 0 radical (unpaired) electrons. The van der Waals surface area contributed by atoms with E-state index in [2.05, 4.69) is 14.7 Å². The predicted molar refractivity (Wildman–Crippen MR) is 76.2 cm³/mol. The highest BCUT2D eigenvalue weighted by Gasteiger charge is 2.19. The SMILES string of the molecule is COc1cc(OC)nc(NS(=O)(=O)c2cc(CO)cs2)n1. The third kappa shape index (κ3) is 3.60. The molecule has 0 saturated heterocycles. The van der Waals surface area contributed by atoms with Gasteiger partial charge in [0.2, 0.25) is 17.7 Å². The highest BCUT2D eigenvalue weighted by atomic mass is 32.2. The monoisotopic (exact) mass is 331 g/mol. The molecule has 0 unspecified atom stereocenters. The molecule has 0 aromatic carbocycles. The lowest BCUT2D eigenvalue weighted by molar-refractivity contribution is 0.282. The Labute approximate surface area is 125 Å². The van der Waals surface area contributed by atoms with Gasteiger partial charge in [0, 0.05) is 0 Å². The molecule has 0 spiro atoms. The minimum atomic E-state index is -3.83. The number of hydrogen-bond donors (Lipinski definition) is 2. The second kappa shape index (κ2) is 6.24. The Kier molecular flexibility index (Phi) is 4.60. The van der Waals surface area contributed by atoms with Crippen LogP contribution in [-0.2, 0) is 16.6 Å². The van der Waals surface area contributed by atoms with Crippen LogP contribution in [0.15, 0.2) is 21.7 Å². The second-order valence-electron chi connectivity index (χ2n) is 3.81. The van der Waals surface area contributed by atoms with E-state index in [1.54, 1.807) is 5.38 Å². The average Bonchev–Trinajstić information content (AvgIpc) is 2.96. The first-order valence-corrected chi connectivity index (χ1v) is 8.03. The van der Waals surface area contributed by atoms with Gasteiger partial charge in [-0.3, -0.25) is 0 Å². The van der Waals surface area contributed by atoms with Crippen LogP contribution in [0.2, 0.25) is 0 Å². The number of nitrogens with zero attached hydrogens (tertiary/aromatic N) is 2. The summed E-state index contributed by atoms with van der Waals surface area (Å²) < 4.78 is 36.6. The first-order chi connectivity index (χ1) is 9.98. The van der Waals surface area contributed by atoms with Gasteiger partial charge in [-0.15, -0.1) is 11.3 Å². The van der Waals surface area contributed by atoms with E-state index in [-0.39, 0.29) is 28.5 Å². The summed E-state index contributed by atoms with van der Waals surface area (Å²) in [6.45, 7) is -0.227. The fourth-order valence-electron chi connectivity index (χ4n) is 1.41. The molecule has 0 saturated carbocycles. The van der Waals surface area contributed by atoms with Crippen molar-refractivity contribution in [1.82, 2.24) is 9.97 Å². The molecule has 2 heterocycles. The first-order valence-electron chi connectivity index (χ1n) is 5.66. The van der Waals surface area contributed by atoms with Crippen molar-refractivity contribution in [3.05, 3.63) is 23.1 Å². The maximum Gasteiger partial charge on any atom is 0.273 e. The van der Waals surface area contributed by atoms with Crippen LogP contribution < -0.4 is 14.2 Å². The molecule has 10 heteroatoms. The van der Waals surface area contributed by atoms with Gasteiger partial charge in [-0.2, -0.15) is 9.97 Å². The van der Waals surface area contributed by atoms with Crippen LogP contribution in [0.4, 0.5) is 5.95 Å². The molecule has 0 aliphatic rings. The summed E-state index contributed by atoms with van der Waals surface area (Å²) in [5.41, 5.74) is 0.518. The van der Waals surface area contributed by atoms with Gasteiger partial charge in [0.15, 0.2) is 0 Å². The molecule has 0 aliphatic heterocycles. The van der Waals surface area contributed by atoms with Crippen LogP contribution >= 0.6 is 11.3 Å². The van der Waals surface area contributed by atoms with Gasteiger partial charge in [-0.05, 0) is 17.0 Å². The second-order valence-corrected chi connectivity index (χ2v) is 6.63. The molecule has 2 aromatic rings. The number of aliphatic hydroxyl groups is 1. The molecular weight excluding hydrogens is 318 g/mol. The van der Waals surface area contributed by atoms with Gasteiger partial charge in [-0.1, -0.05) is 0 Å². The number of aromatic nitrogens is 2. The maximum absolute atomic E-state index is 12.2. The van der Waals surface area contributed by atoms with Gasteiger partial charge >= 0.3 is 0 Å². The molecule has 0 atom stereocenters. The predicted octanol–water partition coefficient (Wildman–Crippen LogP) is 0.848. The summed E-state index contributed by atoms with van der Waals surface area (Å²) in [4.78, 5) is 7.78. The smallest absolute Gasteiger partial charge is 0.273 e. The number of nitrogens with one attached hydrogen (secondary N) is 1. The van der Waals surface area contributed by atoms with Crippen molar-refractivity contribution in [3.8, 4) is 11.8 Å². The van der Waals surface area contributed by atoms with Gasteiger partial charge in [0.1, 0.15) is 4.21 Å². The summed E-state index contributed by atoms with van der Waals surface area (Å²) in [7, 11) is -1.04. The van der Waals surface area contributed by atoms with E-state index in [1.165, 1.54) is 26.4 Å². The number of anilines is 1. The van der Waals surface area contributed by atoms with Crippen LogP contribution in [0.5, 0.6) is 11.8 Å². The summed E-state index contributed by atoms with van der Waals surface area (Å²) in [6.07, 6.45) is 0. The Morgan fingerprint density at radius 3 is 2.33 bits per heavy atom. The lowest BCUT2D eigenvalue weighted by Gasteiger charge is -2.08. The zero-order valence-electron chi connectivity index (χ0n) is 11.2. The van der Waals surface area contributed by atoms with Crippen molar-refractivity contribution < 1.29 is 23.0 Å². The van der Waals surface area contributed by atoms with Crippen molar-refractivity contribution in [2.45, 2.75) is 10.8 Å². The third-order valence-corrected chi connectivity index (χ3v) is 5.22. The van der Waals surface area contributed by atoms with Crippen molar-refractivity contribution in [2.24, 2.45) is 0 Å². The van der Waals surface area contributed by atoms with E-state index in [4.69, 9.17) is 14.6 Å². The molecule has 2 N–H and O–H groups in total. The fourth-order valence-corrected chi connectivity index (χ4v) is 3.55. The number of ether oxygens (including phenoxy) is 2. The Morgan fingerprint density at radius 1 is 1.24 bits per heavy atom. The number of sulfonamides is 1. The Bertz CT molecular complexity index is 707. The fraction of sp³-hybridized carbons (Fsp3) is 0.273. The molecule has 2 aromatic heterocycles. The standard InChI is InChI=1S/C11H13N3O5S2/c1-18-8-4-9(19-2)13-11(12-8)14-21(16,17)10-3-7(5-15)6-20-10/h3-4,6,15H,5H2,1-2H3,(H,12,13,14). The van der Waals surface area contributed by atoms with Crippen molar-refractivity contribution in [1.29, 1.82) is 0 Å². The first kappa shape index (κ1) is 15.5. The quantitative estimate of drug-likeness (QED) is 0.807. The highest BCUT2D eigenvalue weighted by Crippen LogP contribution is 2.24. The van der Waals surface area contributed by atoms with E-state index in [0.29, 0.717) is 5.56 Å². The molecule has 114 valence electrons. The Hall–Kier alpha value is -1.91. The molecular formula is C11H13N3O5S2. The van der Waals surface area contributed by atoms with Crippen LogP contribution in [0, 0.1) is 0 Å². The summed E-state index contributed by atoms with van der Waals surface area (Å²) in [5, 5.41) is 10.5. The number of thiophene rings is 1. The number of methoxy groups -OCH3 is 2. The highest BCUT2D eigenvalue weighted by molar-refractivity contribution is 7.94. The van der Waals surface area contributed by atoms with Gasteiger partial charge in [0.05, 0.1) is 26.9 Å². The van der Waals surface area contributed by atoms with Crippen molar-refractivity contribution in [3.63, 3.8) is 0 Å². The molecule has 21 heavy (non-hydrogen) atoms. The summed E-state index contributed by atoms with van der Waals surface area (Å²) in [6, 6.07) is 2.80. The molecule has 0 amide bonds. The zero-order chi connectivity index (χ0) is 15.5. The van der Waals surface area contributed by atoms with Gasteiger partial charge in [-0.25, -0.2) is 13.1 Å². The molecule has 0 aliphatic carbocycles. The van der Waals surface area contributed by atoms with Gasteiger partial charge in [0.25, 0.3) is 10.0 Å². The summed E-state index contributed by atoms with van der Waals surface area (Å²) in [5.74, 6) is 0.175. The molecule has 0 bridgehead atoms. The van der Waals surface area contributed by atoms with Crippen LogP contribution in [0.3, 0.4) is 0 Å². The van der Waals surface area contributed by atoms with Crippen LogP contribution in [0.1, 0.15) is 5.56 Å². The minimum absolute atomic E-state index is 0.0527. The lowest BCUT2D eigenvalue weighted by Crippen LogP contribution is -2.14. The zero-order valence-corrected chi connectivity index (χ0v) is 12.9. The summed E-state index contributed by atoms with van der Waals surface area (Å²) >= 11 is 0.992. The van der Waals surface area contributed by atoms with Crippen molar-refractivity contribution in [2.75, 3.05) is 18.9 Å². The van der Waals surface area contributed by atoms with E-state index >= 15 is 0 Å². The largest absolute Gasteiger partial charge is 0.481 e. The Morgan fingerprint density at radius 2 is 1.86 bits per heavy atom. The number of aliphatic hydroxyl groups excluding tert-OH is 1. The van der Waals surface area contributed by atoms with Gasteiger partial charge < -0.3 is 14.6 Å². The normalized spacial score (nSPS) is 11.2. The average molecular weight is 331 g/mol. The third-order valence-electron chi connectivity index (χ3n) is 2.40. The topological polar surface area (TPSA) is 111 Å². The van der Waals surface area contributed by atoms with E-state index in [1.807, 2.05) is 0 Å². The Balaban J connectivity index is 2.31. The number of rotatable bonds is 6. The maximum atomic E-state index is 12.2. The van der Waals surface area contributed by atoms with Crippen LogP contribution in [0.25, 0.3) is 0 Å². The molecule has 2 rings (SSSR count). The van der Waals surface area contributed by atoms with Crippen molar-refractivity contribution >= 4 is 27.3 Å². The molecule has 8 nitrogen and oxygen atoms in total. The lowest BCUT2D eigenvalue weighted by atomic mass is 10.4. The van der Waals surface area contributed by atoms with E-state index < -0.39 is 10.0 Å².